The van der Waals surface area contributed by atoms with Crippen LogP contribution in [0.3, 0.4) is 0 Å². The second-order valence-corrected chi connectivity index (χ2v) is 10.6. The fraction of sp³-hybridized carbons (Fsp3) is 0.231. The summed E-state index contributed by atoms with van der Waals surface area (Å²) in [6.45, 7) is 5.64. The van der Waals surface area contributed by atoms with E-state index in [0.717, 1.165) is 15.4 Å². The lowest BCUT2D eigenvalue weighted by molar-refractivity contribution is -0.121. The molecule has 0 aromatic heterocycles. The molecule has 0 aliphatic heterocycles. The van der Waals surface area contributed by atoms with Gasteiger partial charge in [-0.2, -0.15) is 9.41 Å². The van der Waals surface area contributed by atoms with Crippen LogP contribution in [-0.4, -0.2) is 31.4 Å². The molecule has 0 aliphatic carbocycles. The number of rotatable bonds is 9. The first-order valence-electron chi connectivity index (χ1n) is 10.9. The van der Waals surface area contributed by atoms with Crippen molar-refractivity contribution >= 4 is 33.7 Å². The molecule has 1 amide bonds. The van der Waals surface area contributed by atoms with Gasteiger partial charge < -0.3 is 0 Å². The Morgan fingerprint density at radius 1 is 1.03 bits per heavy atom. The van der Waals surface area contributed by atoms with Gasteiger partial charge in [0.05, 0.1) is 17.7 Å². The van der Waals surface area contributed by atoms with Gasteiger partial charge in [-0.25, -0.2) is 13.8 Å². The molecular weight excluding hydrogens is 470 g/mol. The van der Waals surface area contributed by atoms with Gasteiger partial charge in [-0.3, -0.25) is 4.79 Å². The zero-order valence-corrected chi connectivity index (χ0v) is 21.0. The van der Waals surface area contributed by atoms with Gasteiger partial charge in [0.15, 0.2) is 0 Å². The molecule has 3 aromatic carbocycles. The van der Waals surface area contributed by atoms with Crippen molar-refractivity contribution in [3.8, 4) is 0 Å². The van der Waals surface area contributed by atoms with Gasteiger partial charge in [-0.05, 0) is 47.7 Å². The Hall–Kier alpha value is -3.00. The highest BCUT2D eigenvalue weighted by Gasteiger charge is 2.27. The monoisotopic (exact) mass is 497 g/mol. The minimum Gasteiger partial charge on any atom is -0.272 e. The lowest BCUT2D eigenvalue weighted by Gasteiger charge is -2.22. The standard InChI is InChI=1S/C26H28ClN3O3S/c1-19(2)22-12-10-21(11-13-22)16-28-29-26(31)18-30(17-23-6-4-5-7-25(23)27)34(32,33)24-14-8-20(3)9-15-24/h4-16,19H,17-18H2,1-3H3,(H,29,31)/b28-16-. The predicted octanol–water partition coefficient (Wildman–Crippen LogP) is 5.11. The Morgan fingerprint density at radius 3 is 2.29 bits per heavy atom. The average molecular weight is 498 g/mol. The lowest BCUT2D eigenvalue weighted by Crippen LogP contribution is -2.39. The number of sulfonamides is 1. The van der Waals surface area contributed by atoms with Crippen molar-refractivity contribution in [3.63, 3.8) is 0 Å². The first-order chi connectivity index (χ1) is 16.2. The van der Waals surface area contributed by atoms with E-state index in [1.54, 1.807) is 36.4 Å². The van der Waals surface area contributed by atoms with Crippen molar-refractivity contribution in [2.75, 3.05) is 6.54 Å². The smallest absolute Gasteiger partial charge is 0.255 e. The molecule has 0 fully saturated rings. The molecule has 0 radical (unpaired) electrons. The lowest BCUT2D eigenvalue weighted by atomic mass is 10.0. The van der Waals surface area contributed by atoms with Crippen LogP contribution in [0.4, 0.5) is 0 Å². The third kappa shape index (κ3) is 6.76. The maximum atomic E-state index is 13.3. The summed E-state index contributed by atoms with van der Waals surface area (Å²) in [6, 6.07) is 21.3. The van der Waals surface area contributed by atoms with Crippen molar-refractivity contribution < 1.29 is 13.2 Å². The number of nitrogens with one attached hydrogen (secondary N) is 1. The molecule has 0 saturated carbocycles. The largest absolute Gasteiger partial charge is 0.272 e. The summed E-state index contributed by atoms with van der Waals surface area (Å²) >= 11 is 6.26. The van der Waals surface area contributed by atoms with Gasteiger partial charge in [0.25, 0.3) is 5.91 Å². The number of nitrogens with zero attached hydrogens (tertiary/aromatic N) is 2. The molecule has 0 atom stereocenters. The number of benzene rings is 3. The molecule has 178 valence electrons. The third-order valence-corrected chi connectivity index (χ3v) is 7.46. The number of aryl methyl sites for hydroxylation is 1. The van der Waals surface area contributed by atoms with E-state index in [1.165, 1.54) is 23.9 Å². The molecule has 3 aromatic rings. The number of hydrazone groups is 1. The third-order valence-electron chi connectivity index (χ3n) is 5.29. The quantitative estimate of drug-likeness (QED) is 0.329. The van der Waals surface area contributed by atoms with Crippen LogP contribution in [0.25, 0.3) is 0 Å². The van der Waals surface area contributed by atoms with Crippen LogP contribution in [0.15, 0.2) is 82.8 Å². The highest BCUT2D eigenvalue weighted by molar-refractivity contribution is 7.89. The van der Waals surface area contributed by atoms with E-state index < -0.39 is 22.5 Å². The average Bonchev–Trinajstić information content (AvgIpc) is 2.80. The Bertz CT molecular complexity index is 1260. The topological polar surface area (TPSA) is 78.8 Å². The summed E-state index contributed by atoms with van der Waals surface area (Å²) in [4.78, 5) is 12.7. The van der Waals surface area contributed by atoms with Crippen molar-refractivity contribution in [3.05, 3.63) is 100 Å². The second kappa shape index (κ2) is 11.4. The first-order valence-corrected chi connectivity index (χ1v) is 12.7. The van der Waals surface area contributed by atoms with Crippen LogP contribution in [0.1, 0.15) is 42.0 Å². The molecule has 0 aliphatic rings. The van der Waals surface area contributed by atoms with Crippen molar-refractivity contribution in [1.82, 2.24) is 9.73 Å². The van der Waals surface area contributed by atoms with E-state index in [1.807, 2.05) is 31.2 Å². The minimum atomic E-state index is -3.96. The van der Waals surface area contributed by atoms with Crippen LogP contribution < -0.4 is 5.43 Å². The molecule has 0 saturated heterocycles. The summed E-state index contributed by atoms with van der Waals surface area (Å²) in [5, 5.41) is 4.41. The van der Waals surface area contributed by atoms with Gasteiger partial charge in [-0.15, -0.1) is 0 Å². The Morgan fingerprint density at radius 2 is 1.68 bits per heavy atom. The van der Waals surface area contributed by atoms with Crippen LogP contribution >= 0.6 is 11.6 Å². The normalized spacial score (nSPS) is 11.9. The molecule has 0 unspecified atom stereocenters. The number of hydrogen-bond donors (Lipinski definition) is 1. The van der Waals surface area contributed by atoms with E-state index in [-0.39, 0.29) is 11.4 Å². The Balaban J connectivity index is 1.77. The van der Waals surface area contributed by atoms with Gasteiger partial charge in [0, 0.05) is 11.6 Å². The Labute approximate surface area is 206 Å². The number of amides is 1. The van der Waals surface area contributed by atoms with Crippen molar-refractivity contribution in [1.29, 1.82) is 0 Å². The van der Waals surface area contributed by atoms with Crippen LogP contribution in [0.2, 0.25) is 5.02 Å². The van der Waals surface area contributed by atoms with Crippen LogP contribution in [0.5, 0.6) is 0 Å². The maximum absolute atomic E-state index is 13.3. The SMILES string of the molecule is Cc1ccc(S(=O)(=O)N(CC(=O)N/N=C\c2ccc(C(C)C)cc2)Cc2ccccc2Cl)cc1. The fourth-order valence-electron chi connectivity index (χ4n) is 3.24. The van der Waals surface area contributed by atoms with Gasteiger partial charge >= 0.3 is 0 Å². The Kier molecular flexibility index (Phi) is 8.61. The zero-order chi connectivity index (χ0) is 24.7. The van der Waals surface area contributed by atoms with E-state index in [9.17, 15) is 13.2 Å². The number of carbonyl (C=O) groups excluding carboxylic acids is 1. The van der Waals surface area contributed by atoms with E-state index in [4.69, 9.17) is 11.6 Å². The van der Waals surface area contributed by atoms with E-state index in [2.05, 4.69) is 24.4 Å². The number of carbonyl (C=O) groups is 1. The maximum Gasteiger partial charge on any atom is 0.255 e. The number of halogens is 1. The fourth-order valence-corrected chi connectivity index (χ4v) is 4.81. The second-order valence-electron chi connectivity index (χ2n) is 8.29. The van der Waals surface area contributed by atoms with Crippen LogP contribution in [0, 0.1) is 6.92 Å². The zero-order valence-electron chi connectivity index (χ0n) is 19.4. The van der Waals surface area contributed by atoms with Gasteiger partial charge in [0.1, 0.15) is 0 Å². The minimum absolute atomic E-state index is 0.0519. The summed E-state index contributed by atoms with van der Waals surface area (Å²) in [5.74, 6) is -0.136. The van der Waals surface area contributed by atoms with Gasteiger partial charge in [-0.1, -0.05) is 85.6 Å². The first kappa shape index (κ1) is 25.6. The number of hydrogen-bond acceptors (Lipinski definition) is 4. The van der Waals surface area contributed by atoms with Gasteiger partial charge in [0.2, 0.25) is 10.0 Å². The molecule has 0 heterocycles. The molecule has 6 nitrogen and oxygen atoms in total. The highest BCUT2D eigenvalue weighted by Crippen LogP contribution is 2.22. The molecule has 34 heavy (non-hydrogen) atoms. The summed E-state index contributed by atoms with van der Waals surface area (Å²) in [5.41, 5.74) is 5.99. The highest BCUT2D eigenvalue weighted by atomic mass is 35.5. The molecule has 8 heteroatoms. The van der Waals surface area contributed by atoms with Crippen molar-refractivity contribution in [2.45, 2.75) is 38.1 Å². The molecule has 3 rings (SSSR count). The molecular formula is C26H28ClN3O3S. The molecule has 0 spiro atoms. The predicted molar refractivity (Wildman–Crippen MR) is 136 cm³/mol. The van der Waals surface area contributed by atoms with Crippen molar-refractivity contribution in [2.24, 2.45) is 5.10 Å². The summed E-state index contributed by atoms with van der Waals surface area (Å²) in [6.07, 6.45) is 1.52. The van der Waals surface area contributed by atoms with E-state index in [0.29, 0.717) is 16.5 Å². The van der Waals surface area contributed by atoms with E-state index >= 15 is 0 Å². The molecule has 0 bridgehead atoms. The molecule has 1 N–H and O–H groups in total. The summed E-state index contributed by atoms with van der Waals surface area (Å²) in [7, 11) is -3.96. The summed E-state index contributed by atoms with van der Waals surface area (Å²) < 4.78 is 27.8. The van der Waals surface area contributed by atoms with Crippen LogP contribution in [-0.2, 0) is 21.4 Å².